The fourth-order valence-electron chi connectivity index (χ4n) is 2.83. The van der Waals surface area contributed by atoms with Gasteiger partial charge in [-0.05, 0) is 24.3 Å². The Morgan fingerprint density at radius 2 is 1.96 bits per heavy atom. The Bertz CT molecular complexity index is 1250. The summed E-state index contributed by atoms with van der Waals surface area (Å²) < 4.78 is 3.00. The molecule has 4 aromatic rings. The molecule has 0 unspecified atom stereocenters. The van der Waals surface area contributed by atoms with Crippen molar-refractivity contribution >= 4 is 38.4 Å². The van der Waals surface area contributed by atoms with E-state index in [0.29, 0.717) is 27.9 Å². The number of carbonyl (C=O) groups excluding carboxylic acids is 1. The van der Waals surface area contributed by atoms with Crippen LogP contribution in [0.15, 0.2) is 58.3 Å². The standard InChI is InChI=1S/C19H16N4O2S/c1-23-14-8-4-5-9-15(14)26-19(23)22-17(24)11-10-16-20-13-7-3-2-6-12(13)18(25)21-16/h2-9H,10-11H2,1H3,(H,20,21,25). The molecule has 0 aliphatic heterocycles. The number of fused-ring (bicyclic) bond motifs is 2. The lowest BCUT2D eigenvalue weighted by atomic mass is 10.2. The summed E-state index contributed by atoms with van der Waals surface area (Å²) in [5.41, 5.74) is 1.49. The highest BCUT2D eigenvalue weighted by Gasteiger charge is 2.08. The minimum Gasteiger partial charge on any atom is -0.319 e. The molecule has 0 saturated heterocycles. The van der Waals surface area contributed by atoms with Crippen LogP contribution in [0.4, 0.5) is 0 Å². The van der Waals surface area contributed by atoms with Crippen LogP contribution >= 0.6 is 11.3 Å². The average Bonchev–Trinajstić information content (AvgIpc) is 2.96. The lowest BCUT2D eigenvalue weighted by Crippen LogP contribution is -2.15. The molecular formula is C19H16N4O2S. The maximum atomic E-state index is 12.3. The zero-order valence-electron chi connectivity index (χ0n) is 14.1. The Balaban J connectivity index is 1.57. The number of aromatic amines is 1. The Morgan fingerprint density at radius 1 is 1.19 bits per heavy atom. The van der Waals surface area contributed by atoms with Crippen LogP contribution in [-0.2, 0) is 18.3 Å². The highest BCUT2D eigenvalue weighted by atomic mass is 32.1. The SMILES string of the molecule is Cn1c(=NC(=O)CCc2nc3ccccc3c(=O)[nH]2)sc2ccccc21. The highest BCUT2D eigenvalue weighted by molar-refractivity contribution is 7.16. The lowest BCUT2D eigenvalue weighted by Gasteiger charge is -2.01. The van der Waals surface area contributed by atoms with Crippen molar-refractivity contribution in [3.8, 4) is 0 Å². The number of hydrogen-bond donors (Lipinski definition) is 1. The number of thiazole rings is 1. The summed E-state index contributed by atoms with van der Waals surface area (Å²) in [6.45, 7) is 0. The van der Waals surface area contributed by atoms with Crippen LogP contribution in [0, 0.1) is 0 Å². The topological polar surface area (TPSA) is 80.1 Å². The Hall–Kier alpha value is -3.06. The van der Waals surface area contributed by atoms with Crippen LogP contribution in [-0.4, -0.2) is 20.4 Å². The Kier molecular flexibility index (Phi) is 4.22. The minimum absolute atomic E-state index is 0.189. The number of carbonyl (C=O) groups is 1. The van der Waals surface area contributed by atoms with Gasteiger partial charge in [0.1, 0.15) is 5.82 Å². The first-order valence-corrected chi connectivity index (χ1v) is 9.03. The number of nitrogens with zero attached hydrogens (tertiary/aromatic N) is 3. The van der Waals surface area contributed by atoms with Gasteiger partial charge in [-0.3, -0.25) is 9.59 Å². The molecule has 0 bridgehead atoms. The van der Waals surface area contributed by atoms with Gasteiger partial charge in [-0.2, -0.15) is 4.99 Å². The molecule has 0 aliphatic carbocycles. The van der Waals surface area contributed by atoms with Crippen LogP contribution < -0.4 is 10.4 Å². The summed E-state index contributed by atoms with van der Waals surface area (Å²) in [4.78, 5) is 36.4. The monoisotopic (exact) mass is 364 g/mol. The largest absolute Gasteiger partial charge is 0.319 e. The smallest absolute Gasteiger partial charge is 0.258 e. The molecular weight excluding hydrogens is 348 g/mol. The predicted octanol–water partition coefficient (Wildman–Crippen LogP) is 2.54. The van der Waals surface area contributed by atoms with Crippen molar-refractivity contribution in [3.63, 3.8) is 0 Å². The lowest BCUT2D eigenvalue weighted by molar-refractivity contribution is -0.118. The molecule has 0 saturated carbocycles. The fraction of sp³-hybridized carbons (Fsp3) is 0.158. The van der Waals surface area contributed by atoms with E-state index in [4.69, 9.17) is 0 Å². The maximum absolute atomic E-state index is 12.3. The van der Waals surface area contributed by atoms with Crippen LogP contribution in [0.25, 0.3) is 21.1 Å². The Labute approximate surface area is 152 Å². The summed E-state index contributed by atoms with van der Waals surface area (Å²) in [5.74, 6) is 0.265. The number of H-pyrrole nitrogens is 1. The summed E-state index contributed by atoms with van der Waals surface area (Å²) in [7, 11) is 1.90. The second-order valence-electron chi connectivity index (χ2n) is 5.95. The van der Waals surface area contributed by atoms with Crippen LogP contribution in [0.1, 0.15) is 12.2 Å². The molecule has 7 heteroatoms. The van der Waals surface area contributed by atoms with Gasteiger partial charge >= 0.3 is 0 Å². The minimum atomic E-state index is -0.233. The number of aryl methyl sites for hydroxylation is 2. The molecule has 2 heterocycles. The molecule has 0 radical (unpaired) electrons. The summed E-state index contributed by atoms with van der Waals surface area (Å²) in [6, 6.07) is 15.1. The average molecular weight is 364 g/mol. The molecule has 1 N–H and O–H groups in total. The van der Waals surface area contributed by atoms with Crippen molar-refractivity contribution in [1.29, 1.82) is 0 Å². The van der Waals surface area contributed by atoms with Gasteiger partial charge in [-0.1, -0.05) is 35.6 Å². The van der Waals surface area contributed by atoms with Crippen LogP contribution in [0.3, 0.4) is 0 Å². The first kappa shape index (κ1) is 16.4. The molecule has 0 fully saturated rings. The number of amides is 1. The third kappa shape index (κ3) is 3.09. The van der Waals surface area contributed by atoms with Gasteiger partial charge in [0.25, 0.3) is 5.56 Å². The number of rotatable bonds is 3. The van der Waals surface area contributed by atoms with Gasteiger partial charge in [-0.15, -0.1) is 0 Å². The normalized spacial score (nSPS) is 12.1. The van der Waals surface area contributed by atoms with Crippen molar-refractivity contribution in [1.82, 2.24) is 14.5 Å². The first-order valence-electron chi connectivity index (χ1n) is 8.22. The number of para-hydroxylation sites is 2. The molecule has 2 aromatic carbocycles. The quantitative estimate of drug-likeness (QED) is 0.607. The van der Waals surface area contributed by atoms with Gasteiger partial charge in [0.15, 0.2) is 4.80 Å². The maximum Gasteiger partial charge on any atom is 0.258 e. The molecule has 0 spiro atoms. The zero-order valence-corrected chi connectivity index (χ0v) is 14.9. The third-order valence-corrected chi connectivity index (χ3v) is 5.29. The fourth-order valence-corrected chi connectivity index (χ4v) is 3.87. The summed E-state index contributed by atoms with van der Waals surface area (Å²) in [6.07, 6.45) is 0.534. The van der Waals surface area contributed by atoms with Crippen LogP contribution in [0.5, 0.6) is 0 Å². The molecule has 26 heavy (non-hydrogen) atoms. The molecule has 1 amide bonds. The van der Waals surface area contributed by atoms with Crippen molar-refractivity contribution in [2.75, 3.05) is 0 Å². The van der Waals surface area contributed by atoms with Crippen molar-refractivity contribution < 1.29 is 4.79 Å². The molecule has 6 nitrogen and oxygen atoms in total. The first-order chi connectivity index (χ1) is 12.6. The van der Waals surface area contributed by atoms with E-state index in [9.17, 15) is 9.59 Å². The van der Waals surface area contributed by atoms with E-state index in [1.54, 1.807) is 18.2 Å². The zero-order chi connectivity index (χ0) is 18.1. The molecule has 2 aromatic heterocycles. The third-order valence-electron chi connectivity index (χ3n) is 4.17. The van der Waals surface area contributed by atoms with E-state index >= 15 is 0 Å². The van der Waals surface area contributed by atoms with Gasteiger partial charge < -0.3 is 9.55 Å². The second-order valence-corrected chi connectivity index (χ2v) is 6.96. The van der Waals surface area contributed by atoms with Crippen molar-refractivity contribution in [3.05, 3.63) is 69.5 Å². The van der Waals surface area contributed by atoms with Crippen molar-refractivity contribution in [2.24, 2.45) is 12.0 Å². The molecule has 4 rings (SSSR count). The molecule has 0 aliphatic rings. The molecule has 0 atom stereocenters. The van der Waals surface area contributed by atoms with E-state index in [2.05, 4.69) is 15.0 Å². The number of hydrogen-bond acceptors (Lipinski definition) is 4. The van der Waals surface area contributed by atoms with E-state index in [0.717, 1.165) is 10.2 Å². The van der Waals surface area contributed by atoms with Crippen LogP contribution in [0.2, 0.25) is 0 Å². The number of benzene rings is 2. The predicted molar refractivity (Wildman–Crippen MR) is 102 cm³/mol. The van der Waals surface area contributed by atoms with Gasteiger partial charge in [0, 0.05) is 19.9 Å². The Morgan fingerprint density at radius 3 is 2.81 bits per heavy atom. The van der Waals surface area contributed by atoms with Gasteiger partial charge in [0.2, 0.25) is 5.91 Å². The van der Waals surface area contributed by atoms with Gasteiger partial charge in [0.05, 0.1) is 21.1 Å². The van der Waals surface area contributed by atoms with E-state index in [-0.39, 0.29) is 17.9 Å². The summed E-state index contributed by atoms with van der Waals surface area (Å²) >= 11 is 1.48. The number of nitrogens with one attached hydrogen (secondary N) is 1. The van der Waals surface area contributed by atoms with Crippen molar-refractivity contribution in [2.45, 2.75) is 12.8 Å². The molecule has 130 valence electrons. The van der Waals surface area contributed by atoms with E-state index < -0.39 is 0 Å². The van der Waals surface area contributed by atoms with E-state index in [1.165, 1.54) is 11.3 Å². The second kappa shape index (κ2) is 6.68. The van der Waals surface area contributed by atoms with E-state index in [1.807, 2.05) is 41.9 Å². The summed E-state index contributed by atoms with van der Waals surface area (Å²) in [5, 5.41) is 0.546. The van der Waals surface area contributed by atoms with Gasteiger partial charge in [-0.25, -0.2) is 4.98 Å². The highest BCUT2D eigenvalue weighted by Crippen LogP contribution is 2.15. The number of aromatic nitrogens is 3.